The van der Waals surface area contributed by atoms with Gasteiger partial charge in [0.2, 0.25) is 0 Å². The molecule has 6 heteroatoms. The zero-order chi connectivity index (χ0) is 11.8. The molecule has 2 N–H and O–H groups in total. The van der Waals surface area contributed by atoms with Crippen molar-refractivity contribution < 1.29 is 14.6 Å². The second-order valence-corrected chi connectivity index (χ2v) is 4.47. The predicted octanol–water partition coefficient (Wildman–Crippen LogP) is 0.188. The number of aromatic carboxylic acids is 1. The average Bonchev–Trinajstić information content (AvgIpc) is 2.95. The van der Waals surface area contributed by atoms with Crippen LogP contribution in [-0.2, 0) is 17.7 Å². The number of hydrogen-bond acceptors (Lipinski definition) is 4. The molecule has 0 aliphatic carbocycles. The lowest BCUT2D eigenvalue weighted by Gasteiger charge is -2.12. The Hall–Kier alpha value is -1.40. The highest BCUT2D eigenvalue weighted by atomic mass is 16.5. The molecule has 1 fully saturated rings. The van der Waals surface area contributed by atoms with Crippen LogP contribution in [0.25, 0.3) is 0 Å². The molecule has 1 aromatic rings. The summed E-state index contributed by atoms with van der Waals surface area (Å²) in [6, 6.07) is 0.0756. The predicted molar refractivity (Wildman–Crippen MR) is 59.1 cm³/mol. The van der Waals surface area contributed by atoms with Crippen LogP contribution in [0, 0.1) is 0 Å². The van der Waals surface area contributed by atoms with E-state index in [1.165, 1.54) is 0 Å². The summed E-state index contributed by atoms with van der Waals surface area (Å²) in [7, 11) is 0. The van der Waals surface area contributed by atoms with Crippen molar-refractivity contribution in [3.63, 3.8) is 0 Å². The summed E-state index contributed by atoms with van der Waals surface area (Å²) in [5, 5.41) is 17.0. The third kappa shape index (κ3) is 1.73. The fourth-order valence-corrected chi connectivity index (χ4v) is 2.55. The quantitative estimate of drug-likeness (QED) is 0.767. The Balaban J connectivity index is 2.06. The molecule has 92 valence electrons. The SMILES string of the molecule is O=C(O)c1c2c(nn1C1CCOC1)CNCC2. The van der Waals surface area contributed by atoms with Crippen LogP contribution >= 0.6 is 0 Å². The molecule has 1 aromatic heterocycles. The van der Waals surface area contributed by atoms with E-state index in [2.05, 4.69) is 10.4 Å². The van der Waals surface area contributed by atoms with E-state index >= 15 is 0 Å². The van der Waals surface area contributed by atoms with Crippen LogP contribution in [-0.4, -0.2) is 40.6 Å². The van der Waals surface area contributed by atoms with E-state index < -0.39 is 5.97 Å². The maximum absolute atomic E-state index is 11.4. The number of aromatic nitrogens is 2. The van der Waals surface area contributed by atoms with Crippen molar-refractivity contribution in [2.45, 2.75) is 25.4 Å². The van der Waals surface area contributed by atoms with Crippen LogP contribution in [0.3, 0.4) is 0 Å². The zero-order valence-corrected chi connectivity index (χ0v) is 9.48. The Morgan fingerprint density at radius 3 is 3.18 bits per heavy atom. The van der Waals surface area contributed by atoms with Crippen molar-refractivity contribution in [1.82, 2.24) is 15.1 Å². The number of carbonyl (C=O) groups is 1. The van der Waals surface area contributed by atoms with Gasteiger partial charge in [-0.3, -0.25) is 4.68 Å². The van der Waals surface area contributed by atoms with Crippen LogP contribution in [0.5, 0.6) is 0 Å². The first-order valence-corrected chi connectivity index (χ1v) is 5.89. The summed E-state index contributed by atoms with van der Waals surface area (Å²) >= 11 is 0. The molecule has 17 heavy (non-hydrogen) atoms. The van der Waals surface area contributed by atoms with Crippen molar-refractivity contribution in [1.29, 1.82) is 0 Å². The first-order valence-electron chi connectivity index (χ1n) is 5.89. The molecule has 3 heterocycles. The molecule has 0 radical (unpaired) electrons. The summed E-state index contributed by atoms with van der Waals surface area (Å²) in [4.78, 5) is 11.4. The van der Waals surface area contributed by atoms with Crippen LogP contribution in [0.1, 0.15) is 34.2 Å². The van der Waals surface area contributed by atoms with E-state index in [9.17, 15) is 9.90 Å². The maximum atomic E-state index is 11.4. The highest BCUT2D eigenvalue weighted by Crippen LogP contribution is 2.25. The van der Waals surface area contributed by atoms with E-state index in [4.69, 9.17) is 4.74 Å². The molecule has 0 aromatic carbocycles. The molecular formula is C11H15N3O3. The van der Waals surface area contributed by atoms with E-state index in [1.54, 1.807) is 4.68 Å². The zero-order valence-electron chi connectivity index (χ0n) is 9.48. The largest absolute Gasteiger partial charge is 0.477 e. The monoisotopic (exact) mass is 237 g/mol. The standard InChI is InChI=1S/C11H15N3O3/c15-11(16)10-8-1-3-12-5-9(8)13-14(10)7-2-4-17-6-7/h7,12H,1-6H2,(H,15,16). The maximum Gasteiger partial charge on any atom is 0.354 e. The lowest BCUT2D eigenvalue weighted by atomic mass is 10.1. The molecule has 0 saturated carbocycles. The molecule has 6 nitrogen and oxygen atoms in total. The summed E-state index contributed by atoms with van der Waals surface area (Å²) in [5.74, 6) is -0.882. The lowest BCUT2D eigenvalue weighted by molar-refractivity contribution is 0.0678. The number of nitrogens with one attached hydrogen (secondary N) is 1. The average molecular weight is 237 g/mol. The fourth-order valence-electron chi connectivity index (χ4n) is 2.55. The number of carboxylic acids is 1. The van der Waals surface area contributed by atoms with Gasteiger partial charge < -0.3 is 15.2 Å². The molecule has 1 unspecified atom stereocenters. The Kier molecular flexibility index (Phi) is 2.60. The van der Waals surface area contributed by atoms with E-state index in [1.807, 2.05) is 0 Å². The van der Waals surface area contributed by atoms with Crippen LogP contribution in [0.15, 0.2) is 0 Å². The number of rotatable bonds is 2. The first-order chi connectivity index (χ1) is 8.27. The molecule has 0 spiro atoms. The summed E-state index contributed by atoms with van der Waals surface area (Å²) in [6.45, 7) is 2.73. The molecule has 2 aliphatic heterocycles. The number of hydrogen-bond donors (Lipinski definition) is 2. The van der Waals surface area contributed by atoms with Gasteiger partial charge in [0, 0.05) is 18.7 Å². The molecule has 2 aliphatic rings. The molecule has 1 saturated heterocycles. The third-order valence-corrected chi connectivity index (χ3v) is 3.39. The van der Waals surface area contributed by atoms with Crippen LogP contribution in [0.4, 0.5) is 0 Å². The highest BCUT2D eigenvalue weighted by molar-refractivity contribution is 5.88. The van der Waals surface area contributed by atoms with Gasteiger partial charge in [0.25, 0.3) is 0 Å². The number of carboxylic acid groups (broad SMARTS) is 1. The van der Waals surface area contributed by atoms with Gasteiger partial charge in [0.1, 0.15) is 5.69 Å². The van der Waals surface area contributed by atoms with Gasteiger partial charge in [0.05, 0.1) is 18.3 Å². The Morgan fingerprint density at radius 2 is 2.47 bits per heavy atom. The van der Waals surface area contributed by atoms with Gasteiger partial charge in [-0.15, -0.1) is 0 Å². The summed E-state index contributed by atoms with van der Waals surface area (Å²) in [6.07, 6.45) is 1.58. The minimum Gasteiger partial charge on any atom is -0.477 e. The van der Waals surface area contributed by atoms with Crippen molar-refractivity contribution in [2.75, 3.05) is 19.8 Å². The number of ether oxygens (including phenoxy) is 1. The number of fused-ring (bicyclic) bond motifs is 1. The summed E-state index contributed by atoms with van der Waals surface area (Å²) < 4.78 is 6.97. The fraction of sp³-hybridized carbons (Fsp3) is 0.636. The van der Waals surface area contributed by atoms with Gasteiger partial charge >= 0.3 is 5.97 Å². The summed E-state index contributed by atoms with van der Waals surface area (Å²) in [5.41, 5.74) is 2.13. The van der Waals surface area contributed by atoms with Crippen LogP contribution < -0.4 is 5.32 Å². The van der Waals surface area contributed by atoms with E-state index in [0.717, 1.165) is 30.6 Å². The molecule has 1 atom stereocenters. The topological polar surface area (TPSA) is 76.4 Å². The van der Waals surface area contributed by atoms with E-state index in [-0.39, 0.29) is 6.04 Å². The Morgan fingerprint density at radius 1 is 1.59 bits per heavy atom. The third-order valence-electron chi connectivity index (χ3n) is 3.39. The second-order valence-electron chi connectivity index (χ2n) is 4.47. The first kappa shape index (κ1) is 10.7. The van der Waals surface area contributed by atoms with Gasteiger partial charge in [-0.1, -0.05) is 0 Å². The van der Waals surface area contributed by atoms with Gasteiger partial charge in [0.15, 0.2) is 0 Å². The van der Waals surface area contributed by atoms with Crippen molar-refractivity contribution >= 4 is 5.97 Å². The lowest BCUT2D eigenvalue weighted by Crippen LogP contribution is -2.24. The molecule has 3 rings (SSSR count). The van der Waals surface area contributed by atoms with Crippen LogP contribution in [0.2, 0.25) is 0 Å². The normalized spacial score (nSPS) is 23.6. The van der Waals surface area contributed by atoms with Crippen molar-refractivity contribution in [3.05, 3.63) is 17.0 Å². The van der Waals surface area contributed by atoms with Gasteiger partial charge in [-0.05, 0) is 19.4 Å². The Labute approximate surface area is 98.6 Å². The second kappa shape index (κ2) is 4.12. The molecule has 0 bridgehead atoms. The molecular weight excluding hydrogens is 222 g/mol. The Bertz CT molecular complexity index is 449. The van der Waals surface area contributed by atoms with Gasteiger partial charge in [-0.2, -0.15) is 5.10 Å². The highest BCUT2D eigenvalue weighted by Gasteiger charge is 2.29. The number of nitrogens with zero attached hydrogens (tertiary/aromatic N) is 2. The minimum atomic E-state index is -0.882. The van der Waals surface area contributed by atoms with Crippen molar-refractivity contribution in [2.24, 2.45) is 0 Å². The van der Waals surface area contributed by atoms with E-state index in [0.29, 0.717) is 25.5 Å². The van der Waals surface area contributed by atoms with Gasteiger partial charge in [-0.25, -0.2) is 4.79 Å². The molecule has 0 amide bonds. The minimum absolute atomic E-state index is 0.0756. The smallest absolute Gasteiger partial charge is 0.354 e. The van der Waals surface area contributed by atoms with Crippen molar-refractivity contribution in [3.8, 4) is 0 Å².